The van der Waals surface area contributed by atoms with Crippen LogP contribution in [0.25, 0.3) is 16.7 Å². The Morgan fingerprint density at radius 1 is 1.06 bits per heavy atom. The summed E-state index contributed by atoms with van der Waals surface area (Å²) >= 11 is 0. The van der Waals surface area contributed by atoms with Gasteiger partial charge in [0.15, 0.2) is 0 Å². The first kappa shape index (κ1) is 20.8. The number of hydrogen-bond donors (Lipinski definition) is 3. The van der Waals surface area contributed by atoms with Gasteiger partial charge in [-0.05, 0) is 65.9 Å². The van der Waals surface area contributed by atoms with E-state index in [9.17, 15) is 9.90 Å². The van der Waals surface area contributed by atoms with Crippen LogP contribution in [0.3, 0.4) is 0 Å². The van der Waals surface area contributed by atoms with Crippen molar-refractivity contribution >= 4 is 23.0 Å². The van der Waals surface area contributed by atoms with Gasteiger partial charge in [-0.3, -0.25) is 10.3 Å². The van der Waals surface area contributed by atoms with Crippen molar-refractivity contribution in [1.82, 2.24) is 10.3 Å². The van der Waals surface area contributed by atoms with E-state index in [1.54, 1.807) is 19.2 Å². The van der Waals surface area contributed by atoms with Crippen LogP contribution in [0.15, 0.2) is 71.4 Å². The van der Waals surface area contributed by atoms with Crippen molar-refractivity contribution in [2.45, 2.75) is 19.4 Å². The Hall–Kier alpha value is -3.51. The van der Waals surface area contributed by atoms with Crippen molar-refractivity contribution < 1.29 is 9.90 Å². The van der Waals surface area contributed by atoms with Crippen molar-refractivity contribution in [3.63, 3.8) is 0 Å². The van der Waals surface area contributed by atoms with Gasteiger partial charge in [-0.1, -0.05) is 48.5 Å². The fraction of sp³-hybridized carbons (Fsp3) is 0.240. The second-order valence-electron chi connectivity index (χ2n) is 7.78. The minimum absolute atomic E-state index is 0.0110. The quantitative estimate of drug-likeness (QED) is 0.493. The maximum absolute atomic E-state index is 11.7. The standard InChI is InChI=1S/C25H26N4O2/c1-27-28-24-22(25(30)31)14-20(15-23(24)26)17-8-10-18(11-9-17)21-7-3-2-6-19(21)16-29-12-4-5-13-29/h2-3,6-11,14-15,26-27H,4-5,12-13,16H2,1H3,(H,30,31)/b26-23?,28-24-. The molecule has 1 saturated heterocycles. The fourth-order valence-corrected chi connectivity index (χ4v) is 4.16. The van der Waals surface area contributed by atoms with Crippen LogP contribution in [0, 0.1) is 5.41 Å². The molecule has 2 aromatic carbocycles. The third kappa shape index (κ3) is 4.49. The molecule has 1 aliphatic carbocycles. The van der Waals surface area contributed by atoms with Gasteiger partial charge < -0.3 is 10.5 Å². The van der Waals surface area contributed by atoms with E-state index in [1.165, 1.54) is 24.0 Å². The summed E-state index contributed by atoms with van der Waals surface area (Å²) in [6, 6.07) is 16.6. The molecule has 0 aromatic heterocycles. The van der Waals surface area contributed by atoms with E-state index in [1.807, 2.05) is 12.1 Å². The lowest BCUT2D eigenvalue weighted by Gasteiger charge is -2.18. The van der Waals surface area contributed by atoms with Crippen molar-refractivity contribution in [2.75, 3.05) is 20.1 Å². The normalized spacial score (nSPS) is 18.1. The Labute approximate surface area is 182 Å². The summed E-state index contributed by atoms with van der Waals surface area (Å²) < 4.78 is 0. The van der Waals surface area contributed by atoms with Crippen LogP contribution in [-0.2, 0) is 11.3 Å². The van der Waals surface area contributed by atoms with Gasteiger partial charge in [0.2, 0.25) is 0 Å². The SMILES string of the molecule is CN/N=C1\C(=N)C=C(c2ccc(-c3ccccc3CN3CCCC3)cc2)C=C1C(=O)O. The smallest absolute Gasteiger partial charge is 0.338 e. The molecular weight excluding hydrogens is 388 g/mol. The third-order valence-corrected chi connectivity index (χ3v) is 5.70. The van der Waals surface area contributed by atoms with Gasteiger partial charge in [0.05, 0.1) is 11.3 Å². The minimum Gasteiger partial charge on any atom is -0.478 e. The first-order valence-electron chi connectivity index (χ1n) is 10.5. The summed E-state index contributed by atoms with van der Waals surface area (Å²) in [5.41, 5.74) is 8.01. The monoisotopic (exact) mass is 414 g/mol. The summed E-state index contributed by atoms with van der Waals surface area (Å²) in [5.74, 6) is -1.10. The average molecular weight is 415 g/mol. The second-order valence-corrected chi connectivity index (χ2v) is 7.78. The molecule has 0 saturated carbocycles. The Morgan fingerprint density at radius 2 is 1.74 bits per heavy atom. The molecule has 4 rings (SSSR count). The Bertz CT molecular complexity index is 1090. The largest absolute Gasteiger partial charge is 0.478 e. The number of likely N-dealkylation sites (tertiary alicyclic amines) is 1. The molecule has 0 radical (unpaired) electrons. The molecule has 31 heavy (non-hydrogen) atoms. The van der Waals surface area contributed by atoms with Crippen molar-refractivity contribution in [3.8, 4) is 11.1 Å². The molecule has 0 spiro atoms. The highest BCUT2D eigenvalue weighted by Gasteiger charge is 2.24. The minimum atomic E-state index is -1.10. The predicted molar refractivity (Wildman–Crippen MR) is 124 cm³/mol. The lowest BCUT2D eigenvalue weighted by Crippen LogP contribution is -2.25. The summed E-state index contributed by atoms with van der Waals surface area (Å²) in [4.78, 5) is 14.2. The van der Waals surface area contributed by atoms with Gasteiger partial charge in [-0.2, -0.15) is 5.10 Å². The average Bonchev–Trinajstić information content (AvgIpc) is 3.28. The molecule has 6 heteroatoms. The summed E-state index contributed by atoms with van der Waals surface area (Å²) in [5, 5.41) is 21.7. The number of carboxylic acid groups (broad SMARTS) is 1. The number of rotatable bonds is 6. The highest BCUT2D eigenvalue weighted by molar-refractivity contribution is 6.57. The van der Waals surface area contributed by atoms with Crippen LogP contribution in [0.1, 0.15) is 24.0 Å². The number of aliphatic carboxylic acids is 1. The van der Waals surface area contributed by atoms with Gasteiger partial charge in [0.25, 0.3) is 0 Å². The summed E-state index contributed by atoms with van der Waals surface area (Å²) in [6.07, 6.45) is 5.77. The number of carboxylic acids is 1. The van der Waals surface area contributed by atoms with Crippen molar-refractivity contribution in [1.29, 1.82) is 5.41 Å². The molecule has 3 N–H and O–H groups in total. The van der Waals surface area contributed by atoms with Crippen LogP contribution in [-0.4, -0.2) is 47.5 Å². The number of hydrazone groups is 1. The molecule has 1 fully saturated rings. The molecule has 0 bridgehead atoms. The molecule has 1 aliphatic heterocycles. The number of hydrogen-bond acceptors (Lipinski definition) is 5. The number of carbonyl (C=O) groups is 1. The lowest BCUT2D eigenvalue weighted by atomic mass is 9.90. The topological polar surface area (TPSA) is 88.8 Å². The fourth-order valence-electron chi connectivity index (χ4n) is 4.16. The highest BCUT2D eigenvalue weighted by atomic mass is 16.4. The zero-order valence-corrected chi connectivity index (χ0v) is 17.6. The van der Waals surface area contributed by atoms with E-state index in [4.69, 9.17) is 5.41 Å². The number of nitrogens with zero attached hydrogens (tertiary/aromatic N) is 2. The summed E-state index contributed by atoms with van der Waals surface area (Å²) in [6.45, 7) is 3.27. The van der Waals surface area contributed by atoms with E-state index >= 15 is 0 Å². The number of nitrogens with one attached hydrogen (secondary N) is 2. The molecule has 0 unspecified atom stereocenters. The van der Waals surface area contributed by atoms with Crippen LogP contribution in [0.2, 0.25) is 0 Å². The van der Waals surface area contributed by atoms with E-state index in [-0.39, 0.29) is 17.0 Å². The van der Waals surface area contributed by atoms with Crippen molar-refractivity contribution in [2.24, 2.45) is 5.10 Å². The molecule has 2 aromatic rings. The Kier molecular flexibility index (Phi) is 6.09. The zero-order chi connectivity index (χ0) is 21.8. The van der Waals surface area contributed by atoms with Crippen LogP contribution in [0.4, 0.5) is 0 Å². The molecule has 0 amide bonds. The van der Waals surface area contributed by atoms with Gasteiger partial charge >= 0.3 is 5.97 Å². The van der Waals surface area contributed by atoms with E-state index in [2.05, 4.69) is 51.8 Å². The van der Waals surface area contributed by atoms with Crippen LogP contribution >= 0.6 is 0 Å². The maximum Gasteiger partial charge on any atom is 0.338 e. The highest BCUT2D eigenvalue weighted by Crippen LogP contribution is 2.29. The third-order valence-electron chi connectivity index (χ3n) is 5.70. The molecule has 158 valence electrons. The van der Waals surface area contributed by atoms with Crippen molar-refractivity contribution in [3.05, 3.63) is 77.4 Å². The first-order valence-corrected chi connectivity index (χ1v) is 10.5. The molecule has 6 nitrogen and oxygen atoms in total. The van der Waals surface area contributed by atoms with Gasteiger partial charge in [-0.15, -0.1) is 0 Å². The maximum atomic E-state index is 11.7. The van der Waals surface area contributed by atoms with Gasteiger partial charge in [0.1, 0.15) is 5.71 Å². The van der Waals surface area contributed by atoms with E-state index < -0.39 is 5.97 Å². The van der Waals surface area contributed by atoms with Crippen LogP contribution in [0.5, 0.6) is 0 Å². The van der Waals surface area contributed by atoms with Gasteiger partial charge in [-0.25, -0.2) is 4.79 Å². The first-order chi connectivity index (χ1) is 15.1. The molecule has 1 heterocycles. The molecule has 0 atom stereocenters. The summed E-state index contributed by atoms with van der Waals surface area (Å²) in [7, 11) is 1.58. The van der Waals surface area contributed by atoms with E-state index in [0.29, 0.717) is 5.57 Å². The number of benzene rings is 2. The van der Waals surface area contributed by atoms with Gasteiger partial charge in [0, 0.05) is 13.6 Å². The molecular formula is C25H26N4O2. The lowest BCUT2D eigenvalue weighted by molar-refractivity contribution is -0.132. The van der Waals surface area contributed by atoms with E-state index in [0.717, 1.165) is 30.8 Å². The van der Waals surface area contributed by atoms with Crippen LogP contribution < -0.4 is 5.43 Å². The second kappa shape index (κ2) is 9.10. The Morgan fingerprint density at radius 3 is 2.42 bits per heavy atom. The Balaban J connectivity index is 1.62. The molecule has 2 aliphatic rings. The zero-order valence-electron chi connectivity index (χ0n) is 17.6. The number of allylic oxidation sites excluding steroid dienone is 3. The predicted octanol–water partition coefficient (Wildman–Crippen LogP) is 3.95.